The molecule has 2 aromatic carbocycles. The first kappa shape index (κ1) is 15.3. The van der Waals surface area contributed by atoms with Crippen LogP contribution in [0.4, 0.5) is 17.3 Å². The van der Waals surface area contributed by atoms with E-state index in [4.69, 9.17) is 4.74 Å². The molecule has 3 aromatic rings. The topological polar surface area (TPSA) is 79.0 Å². The minimum atomic E-state index is -0.0698. The average molecular weight is 334 g/mol. The molecule has 1 aliphatic rings. The summed E-state index contributed by atoms with van der Waals surface area (Å²) >= 11 is 0. The van der Waals surface area contributed by atoms with Gasteiger partial charge in [0.1, 0.15) is 11.6 Å². The minimum Gasteiger partial charge on any atom is -0.497 e. The van der Waals surface area contributed by atoms with E-state index in [9.17, 15) is 4.79 Å². The number of fused-ring (bicyclic) bond motifs is 1. The van der Waals surface area contributed by atoms with Crippen molar-refractivity contribution in [3.63, 3.8) is 0 Å². The number of methoxy groups -OCH3 is 1. The molecule has 1 amide bonds. The molecule has 126 valence electrons. The fourth-order valence-corrected chi connectivity index (χ4v) is 3.14. The van der Waals surface area contributed by atoms with Crippen LogP contribution in [0, 0.1) is 0 Å². The number of carbonyl (C=O) groups excluding carboxylic acids is 1. The minimum absolute atomic E-state index is 0.0360. The molecule has 1 aromatic heterocycles. The van der Waals surface area contributed by atoms with Crippen LogP contribution in [0.5, 0.6) is 5.75 Å². The molecule has 4 rings (SSSR count). The number of ether oxygens (including phenoxy) is 1. The summed E-state index contributed by atoms with van der Waals surface area (Å²) in [6.07, 6.45) is 0.377. The van der Waals surface area contributed by atoms with E-state index in [1.807, 2.05) is 54.6 Å². The van der Waals surface area contributed by atoms with E-state index in [0.717, 1.165) is 28.4 Å². The number of aromatic nitrogens is 2. The van der Waals surface area contributed by atoms with Crippen LogP contribution in [-0.2, 0) is 4.79 Å². The number of benzene rings is 2. The first-order chi connectivity index (χ1) is 12.2. The fraction of sp³-hybridized carbons (Fsp3) is 0.158. The molecule has 6 heteroatoms. The highest BCUT2D eigenvalue weighted by Crippen LogP contribution is 2.41. The van der Waals surface area contributed by atoms with E-state index < -0.39 is 0 Å². The van der Waals surface area contributed by atoms with E-state index in [0.29, 0.717) is 12.2 Å². The van der Waals surface area contributed by atoms with Gasteiger partial charge < -0.3 is 15.4 Å². The number of rotatable bonds is 4. The van der Waals surface area contributed by atoms with Crippen molar-refractivity contribution in [3.05, 3.63) is 65.7 Å². The van der Waals surface area contributed by atoms with Gasteiger partial charge in [-0.15, -0.1) is 0 Å². The summed E-state index contributed by atoms with van der Waals surface area (Å²) in [4.78, 5) is 12.1. The Kier molecular flexibility index (Phi) is 3.85. The lowest BCUT2D eigenvalue weighted by Crippen LogP contribution is -2.23. The summed E-state index contributed by atoms with van der Waals surface area (Å²) in [7, 11) is 1.64. The standard InChI is InChI=1S/C19H18N4O2/c1-25-14-9-7-12(8-10-14)15-11-16(24)21-19-17(15)18(22-23-19)20-13-5-3-2-4-6-13/h2-10,15H,11H2,1H3,(H3,20,21,22,23,24)/t15-/m1/s1. The van der Waals surface area contributed by atoms with Gasteiger partial charge >= 0.3 is 0 Å². The number of hydrogen-bond donors (Lipinski definition) is 3. The Labute approximate surface area is 145 Å². The molecule has 0 saturated carbocycles. The number of anilines is 3. The van der Waals surface area contributed by atoms with Gasteiger partial charge in [0.05, 0.1) is 7.11 Å². The summed E-state index contributed by atoms with van der Waals surface area (Å²) in [5.74, 6) is 2.06. The Morgan fingerprint density at radius 1 is 1.12 bits per heavy atom. The summed E-state index contributed by atoms with van der Waals surface area (Å²) in [6.45, 7) is 0. The van der Waals surface area contributed by atoms with Crippen molar-refractivity contribution < 1.29 is 9.53 Å². The third-order valence-corrected chi connectivity index (χ3v) is 4.36. The van der Waals surface area contributed by atoms with Gasteiger partial charge in [-0.05, 0) is 29.8 Å². The zero-order chi connectivity index (χ0) is 17.2. The van der Waals surface area contributed by atoms with Crippen LogP contribution in [0.15, 0.2) is 54.6 Å². The molecular formula is C19H18N4O2. The molecule has 25 heavy (non-hydrogen) atoms. The summed E-state index contributed by atoms with van der Waals surface area (Å²) in [5, 5.41) is 13.5. The van der Waals surface area contributed by atoms with Crippen LogP contribution in [0.2, 0.25) is 0 Å². The van der Waals surface area contributed by atoms with Crippen LogP contribution in [0.25, 0.3) is 0 Å². The maximum atomic E-state index is 12.1. The van der Waals surface area contributed by atoms with Gasteiger partial charge in [0.2, 0.25) is 5.91 Å². The second kappa shape index (κ2) is 6.32. The van der Waals surface area contributed by atoms with Gasteiger partial charge in [-0.25, -0.2) is 0 Å². The smallest absolute Gasteiger partial charge is 0.226 e. The summed E-state index contributed by atoms with van der Waals surface area (Å²) in [6, 6.07) is 17.7. The molecule has 0 aliphatic carbocycles. The molecule has 1 aliphatic heterocycles. The first-order valence-corrected chi connectivity index (χ1v) is 8.08. The normalized spacial score (nSPS) is 16.0. The highest BCUT2D eigenvalue weighted by Gasteiger charge is 2.31. The Balaban J connectivity index is 1.73. The molecule has 0 saturated heterocycles. The van der Waals surface area contributed by atoms with Gasteiger partial charge in [0.15, 0.2) is 5.82 Å². The Morgan fingerprint density at radius 3 is 2.60 bits per heavy atom. The van der Waals surface area contributed by atoms with E-state index in [-0.39, 0.29) is 11.8 Å². The lowest BCUT2D eigenvalue weighted by Gasteiger charge is -2.23. The first-order valence-electron chi connectivity index (χ1n) is 8.08. The van der Waals surface area contributed by atoms with Crippen molar-refractivity contribution >= 4 is 23.2 Å². The molecule has 2 heterocycles. The second-order valence-electron chi connectivity index (χ2n) is 5.93. The van der Waals surface area contributed by atoms with Crippen LogP contribution < -0.4 is 15.4 Å². The molecule has 3 N–H and O–H groups in total. The number of H-pyrrole nitrogens is 1. The van der Waals surface area contributed by atoms with E-state index >= 15 is 0 Å². The predicted octanol–water partition coefficient (Wildman–Crippen LogP) is 3.64. The van der Waals surface area contributed by atoms with Crippen LogP contribution in [0.3, 0.4) is 0 Å². The average Bonchev–Trinajstić information content (AvgIpc) is 3.04. The number of para-hydroxylation sites is 1. The number of aromatic amines is 1. The third kappa shape index (κ3) is 2.94. The van der Waals surface area contributed by atoms with Crippen molar-refractivity contribution in [1.82, 2.24) is 10.2 Å². The largest absolute Gasteiger partial charge is 0.497 e. The van der Waals surface area contributed by atoms with E-state index in [1.54, 1.807) is 7.11 Å². The predicted molar refractivity (Wildman–Crippen MR) is 96.4 cm³/mol. The van der Waals surface area contributed by atoms with Gasteiger partial charge in [0, 0.05) is 23.6 Å². The highest BCUT2D eigenvalue weighted by molar-refractivity contribution is 5.95. The van der Waals surface area contributed by atoms with Crippen LogP contribution >= 0.6 is 0 Å². The zero-order valence-electron chi connectivity index (χ0n) is 13.7. The van der Waals surface area contributed by atoms with Crippen molar-refractivity contribution in [2.75, 3.05) is 17.7 Å². The molecular weight excluding hydrogens is 316 g/mol. The molecule has 0 fully saturated rings. The Morgan fingerprint density at radius 2 is 1.88 bits per heavy atom. The highest BCUT2D eigenvalue weighted by atomic mass is 16.5. The molecule has 0 unspecified atom stereocenters. The van der Waals surface area contributed by atoms with E-state index in [1.165, 1.54) is 0 Å². The van der Waals surface area contributed by atoms with Crippen molar-refractivity contribution in [3.8, 4) is 5.75 Å². The Hall–Kier alpha value is -3.28. The Bertz CT molecular complexity index is 888. The number of carbonyl (C=O) groups is 1. The fourth-order valence-electron chi connectivity index (χ4n) is 3.14. The zero-order valence-corrected chi connectivity index (χ0v) is 13.7. The maximum Gasteiger partial charge on any atom is 0.226 e. The summed E-state index contributed by atoms with van der Waals surface area (Å²) in [5.41, 5.74) is 2.97. The monoisotopic (exact) mass is 334 g/mol. The molecule has 0 bridgehead atoms. The lowest BCUT2D eigenvalue weighted by molar-refractivity contribution is -0.116. The lowest BCUT2D eigenvalue weighted by atomic mass is 9.86. The van der Waals surface area contributed by atoms with Gasteiger partial charge in [-0.3, -0.25) is 9.89 Å². The molecule has 6 nitrogen and oxygen atoms in total. The molecule has 0 radical (unpaired) electrons. The van der Waals surface area contributed by atoms with Crippen molar-refractivity contribution in [2.24, 2.45) is 0 Å². The number of hydrogen-bond acceptors (Lipinski definition) is 4. The van der Waals surface area contributed by atoms with Crippen molar-refractivity contribution in [2.45, 2.75) is 12.3 Å². The second-order valence-corrected chi connectivity index (χ2v) is 5.93. The van der Waals surface area contributed by atoms with Gasteiger partial charge in [0.25, 0.3) is 0 Å². The third-order valence-electron chi connectivity index (χ3n) is 4.36. The quantitative estimate of drug-likeness (QED) is 0.681. The number of amides is 1. The number of nitrogens with one attached hydrogen (secondary N) is 3. The van der Waals surface area contributed by atoms with E-state index in [2.05, 4.69) is 20.8 Å². The van der Waals surface area contributed by atoms with Gasteiger partial charge in [-0.1, -0.05) is 30.3 Å². The SMILES string of the molecule is COc1ccc([C@H]2CC(=O)Nc3n[nH]c(Nc4ccccc4)c32)cc1. The van der Waals surface area contributed by atoms with Crippen LogP contribution in [-0.4, -0.2) is 23.2 Å². The molecule has 0 spiro atoms. The van der Waals surface area contributed by atoms with Gasteiger partial charge in [-0.2, -0.15) is 5.10 Å². The molecule has 1 atom stereocenters. The maximum absolute atomic E-state index is 12.1. The van der Waals surface area contributed by atoms with Crippen LogP contribution in [0.1, 0.15) is 23.5 Å². The number of nitrogens with zero attached hydrogens (tertiary/aromatic N) is 1. The van der Waals surface area contributed by atoms with Crippen molar-refractivity contribution in [1.29, 1.82) is 0 Å². The summed E-state index contributed by atoms with van der Waals surface area (Å²) < 4.78 is 5.22.